The van der Waals surface area contributed by atoms with Gasteiger partial charge in [-0.3, -0.25) is 4.98 Å². The van der Waals surface area contributed by atoms with Gasteiger partial charge < -0.3 is 10.1 Å². The Labute approximate surface area is 141 Å². The van der Waals surface area contributed by atoms with Crippen LogP contribution in [0.15, 0.2) is 72.9 Å². The maximum absolute atomic E-state index is 6.09. The summed E-state index contributed by atoms with van der Waals surface area (Å²) in [5.41, 5.74) is 4.79. The fraction of sp³-hybridized carbons (Fsp3) is 0.190. The molecule has 0 amide bonds. The molecule has 118 valence electrons. The van der Waals surface area contributed by atoms with E-state index in [0.717, 1.165) is 17.1 Å². The normalized spacial score (nSPS) is 23.9. The van der Waals surface area contributed by atoms with E-state index in [4.69, 9.17) is 9.72 Å². The topological polar surface area (TPSA) is 34.2 Å². The Hall–Kier alpha value is -2.81. The predicted octanol–water partition coefficient (Wildman–Crippen LogP) is 4.39. The standard InChI is InChI=1S/C21H18N2O/c1-2-7-14(8-3-1)19-16-13-24-18-11-5-4-9-15(18)20(16)23-17-10-6-12-22-21(17)19/h1-12,16,19-20,23H,13H2/t16-,19-,20+/m0/s1. The maximum Gasteiger partial charge on any atom is 0.124 e. The van der Waals surface area contributed by atoms with E-state index < -0.39 is 0 Å². The number of pyridine rings is 1. The van der Waals surface area contributed by atoms with Gasteiger partial charge >= 0.3 is 0 Å². The summed E-state index contributed by atoms with van der Waals surface area (Å²) in [5.74, 6) is 1.55. The van der Waals surface area contributed by atoms with Gasteiger partial charge in [-0.15, -0.1) is 0 Å². The minimum atomic E-state index is 0.238. The summed E-state index contributed by atoms with van der Waals surface area (Å²) in [5, 5.41) is 3.71. The highest BCUT2D eigenvalue weighted by molar-refractivity contribution is 5.59. The SMILES string of the molecule is c1ccc([C@@H]2c3ncccc3N[C@@H]3c4ccccc4OC[C@@H]23)cc1. The van der Waals surface area contributed by atoms with Crippen LogP contribution in [0.3, 0.4) is 0 Å². The van der Waals surface area contributed by atoms with E-state index in [1.807, 2.05) is 18.3 Å². The third kappa shape index (κ3) is 2.01. The first-order valence-corrected chi connectivity index (χ1v) is 8.40. The molecule has 0 unspecified atom stereocenters. The van der Waals surface area contributed by atoms with Crippen LogP contribution in [0.25, 0.3) is 0 Å². The van der Waals surface area contributed by atoms with Crippen LogP contribution in [-0.2, 0) is 0 Å². The van der Waals surface area contributed by atoms with Gasteiger partial charge in [-0.25, -0.2) is 0 Å². The van der Waals surface area contributed by atoms with Gasteiger partial charge in [0.1, 0.15) is 5.75 Å². The molecule has 0 aliphatic carbocycles. The van der Waals surface area contributed by atoms with Gasteiger partial charge in [-0.2, -0.15) is 0 Å². The number of aromatic nitrogens is 1. The van der Waals surface area contributed by atoms with Gasteiger partial charge in [-0.05, 0) is 23.8 Å². The van der Waals surface area contributed by atoms with Gasteiger partial charge in [-0.1, -0.05) is 48.5 Å². The van der Waals surface area contributed by atoms with Crippen molar-refractivity contribution in [1.29, 1.82) is 0 Å². The number of benzene rings is 2. The molecule has 0 saturated carbocycles. The highest BCUT2D eigenvalue weighted by atomic mass is 16.5. The molecule has 0 fully saturated rings. The van der Waals surface area contributed by atoms with Crippen LogP contribution in [0.1, 0.15) is 28.8 Å². The van der Waals surface area contributed by atoms with Crippen molar-refractivity contribution in [3.63, 3.8) is 0 Å². The highest BCUT2D eigenvalue weighted by Gasteiger charge is 2.42. The first kappa shape index (κ1) is 13.6. The zero-order valence-corrected chi connectivity index (χ0v) is 13.2. The minimum Gasteiger partial charge on any atom is -0.493 e. The smallest absolute Gasteiger partial charge is 0.124 e. The second kappa shape index (κ2) is 5.38. The molecule has 0 bridgehead atoms. The molecule has 0 spiro atoms. The Morgan fingerprint density at radius 3 is 2.67 bits per heavy atom. The van der Waals surface area contributed by atoms with Gasteiger partial charge in [0.25, 0.3) is 0 Å². The van der Waals surface area contributed by atoms with E-state index in [1.165, 1.54) is 11.1 Å². The molecule has 2 aliphatic rings. The van der Waals surface area contributed by atoms with Crippen LogP contribution < -0.4 is 10.1 Å². The Kier molecular flexibility index (Phi) is 3.05. The molecule has 0 radical (unpaired) electrons. The van der Waals surface area contributed by atoms with E-state index in [-0.39, 0.29) is 12.0 Å². The average Bonchev–Trinajstić information content (AvgIpc) is 2.67. The zero-order valence-electron chi connectivity index (χ0n) is 13.2. The Morgan fingerprint density at radius 2 is 1.75 bits per heavy atom. The van der Waals surface area contributed by atoms with Crippen LogP contribution >= 0.6 is 0 Å². The summed E-state index contributed by atoms with van der Waals surface area (Å²) >= 11 is 0. The van der Waals surface area contributed by atoms with Gasteiger partial charge in [0.2, 0.25) is 0 Å². The second-order valence-corrected chi connectivity index (χ2v) is 6.46. The molecule has 3 nitrogen and oxygen atoms in total. The zero-order chi connectivity index (χ0) is 15.9. The Balaban J connectivity index is 1.69. The number of ether oxygens (including phenoxy) is 1. The van der Waals surface area contributed by atoms with Gasteiger partial charge in [0.15, 0.2) is 0 Å². The molecule has 1 N–H and O–H groups in total. The van der Waals surface area contributed by atoms with Crippen molar-refractivity contribution in [3.05, 3.63) is 89.7 Å². The van der Waals surface area contributed by atoms with Crippen molar-refractivity contribution in [3.8, 4) is 5.75 Å². The molecule has 3 heterocycles. The molecule has 3 atom stereocenters. The lowest BCUT2D eigenvalue weighted by Crippen LogP contribution is -2.39. The lowest BCUT2D eigenvalue weighted by Gasteiger charge is -2.43. The monoisotopic (exact) mass is 314 g/mol. The largest absolute Gasteiger partial charge is 0.493 e. The summed E-state index contributed by atoms with van der Waals surface area (Å²) < 4.78 is 6.09. The summed E-state index contributed by atoms with van der Waals surface area (Å²) in [6, 6.07) is 23.4. The van der Waals surface area contributed by atoms with E-state index >= 15 is 0 Å². The van der Waals surface area contributed by atoms with Crippen LogP contribution in [0.5, 0.6) is 5.75 Å². The number of nitrogens with zero attached hydrogens (tertiary/aromatic N) is 1. The highest BCUT2D eigenvalue weighted by Crippen LogP contribution is 2.50. The number of fused-ring (bicyclic) bond motifs is 4. The number of anilines is 1. The molecule has 1 aromatic heterocycles. The van der Waals surface area contributed by atoms with Crippen molar-refractivity contribution in [1.82, 2.24) is 4.98 Å². The minimum absolute atomic E-state index is 0.238. The second-order valence-electron chi connectivity index (χ2n) is 6.46. The first-order chi connectivity index (χ1) is 11.9. The van der Waals surface area contributed by atoms with Crippen LogP contribution in [0.4, 0.5) is 5.69 Å². The van der Waals surface area contributed by atoms with Crippen LogP contribution in [0, 0.1) is 5.92 Å². The fourth-order valence-electron chi connectivity index (χ4n) is 4.08. The quantitative estimate of drug-likeness (QED) is 0.723. The number of para-hydroxylation sites is 1. The molecule has 2 aromatic carbocycles. The predicted molar refractivity (Wildman–Crippen MR) is 94.3 cm³/mol. The summed E-state index contributed by atoms with van der Waals surface area (Å²) in [6.45, 7) is 0.699. The first-order valence-electron chi connectivity index (χ1n) is 8.40. The maximum atomic E-state index is 6.09. The number of nitrogens with one attached hydrogen (secondary N) is 1. The summed E-state index contributed by atoms with van der Waals surface area (Å²) in [6.07, 6.45) is 1.88. The Morgan fingerprint density at radius 1 is 0.917 bits per heavy atom. The number of hydrogen-bond acceptors (Lipinski definition) is 3. The van der Waals surface area contributed by atoms with Crippen molar-refractivity contribution in [2.75, 3.05) is 11.9 Å². The van der Waals surface area contributed by atoms with Crippen molar-refractivity contribution in [2.45, 2.75) is 12.0 Å². The average molecular weight is 314 g/mol. The third-order valence-corrected chi connectivity index (χ3v) is 5.14. The molecule has 5 rings (SSSR count). The van der Waals surface area contributed by atoms with Crippen molar-refractivity contribution in [2.24, 2.45) is 5.92 Å². The summed E-state index contributed by atoms with van der Waals surface area (Å²) in [4.78, 5) is 4.71. The van der Waals surface area contributed by atoms with E-state index in [0.29, 0.717) is 12.5 Å². The van der Waals surface area contributed by atoms with Crippen molar-refractivity contribution >= 4 is 5.69 Å². The molecule has 0 saturated heterocycles. The fourth-order valence-corrected chi connectivity index (χ4v) is 4.08. The Bertz CT molecular complexity index is 878. The number of rotatable bonds is 1. The molecular formula is C21H18N2O. The molecule has 3 heteroatoms. The number of hydrogen-bond donors (Lipinski definition) is 1. The summed E-state index contributed by atoms with van der Waals surface area (Å²) in [7, 11) is 0. The molecule has 24 heavy (non-hydrogen) atoms. The van der Waals surface area contributed by atoms with E-state index in [2.05, 4.69) is 59.9 Å². The van der Waals surface area contributed by atoms with Crippen molar-refractivity contribution < 1.29 is 4.74 Å². The van der Waals surface area contributed by atoms with Gasteiger partial charge in [0, 0.05) is 23.6 Å². The molecular weight excluding hydrogens is 296 g/mol. The van der Waals surface area contributed by atoms with E-state index in [1.54, 1.807) is 0 Å². The lowest BCUT2D eigenvalue weighted by molar-refractivity contribution is 0.182. The molecule has 3 aromatic rings. The third-order valence-electron chi connectivity index (χ3n) is 5.14. The lowest BCUT2D eigenvalue weighted by atomic mass is 9.73. The van der Waals surface area contributed by atoms with E-state index in [9.17, 15) is 0 Å². The van der Waals surface area contributed by atoms with Gasteiger partial charge in [0.05, 0.1) is 24.0 Å². The molecule has 2 aliphatic heterocycles. The van der Waals surface area contributed by atoms with Crippen LogP contribution in [0.2, 0.25) is 0 Å². The van der Waals surface area contributed by atoms with Crippen LogP contribution in [-0.4, -0.2) is 11.6 Å².